The number of aryl methyl sites for hydroxylation is 2. The number of aromatic nitrogens is 4. The van der Waals surface area contributed by atoms with Crippen LogP contribution in [-0.4, -0.2) is 43.2 Å². The van der Waals surface area contributed by atoms with Gasteiger partial charge >= 0.3 is 0 Å². The molecule has 0 aliphatic rings. The lowest BCUT2D eigenvalue weighted by molar-refractivity contribution is -0.127. The summed E-state index contributed by atoms with van der Waals surface area (Å²) >= 11 is 8.76. The van der Waals surface area contributed by atoms with Crippen molar-refractivity contribution >= 4 is 45.6 Å². The SMILES string of the molecule is Cc1cn2c(CN(C)C(=O)CSc3nnc(-c4ccc(Cl)cc4)o3)c(C)nc2s1. The third kappa shape index (κ3) is 4.31. The van der Waals surface area contributed by atoms with Gasteiger partial charge in [-0.25, -0.2) is 4.98 Å². The number of amides is 1. The zero-order chi connectivity index (χ0) is 20.5. The summed E-state index contributed by atoms with van der Waals surface area (Å²) in [4.78, 5) is 21.0. The van der Waals surface area contributed by atoms with Crippen molar-refractivity contribution in [3.63, 3.8) is 0 Å². The lowest BCUT2D eigenvalue weighted by Gasteiger charge is -2.16. The summed E-state index contributed by atoms with van der Waals surface area (Å²) in [6.45, 7) is 4.50. The van der Waals surface area contributed by atoms with Gasteiger partial charge in [0.25, 0.3) is 5.22 Å². The van der Waals surface area contributed by atoms with E-state index in [9.17, 15) is 4.79 Å². The molecule has 29 heavy (non-hydrogen) atoms. The van der Waals surface area contributed by atoms with Crippen LogP contribution in [0.25, 0.3) is 16.4 Å². The zero-order valence-electron chi connectivity index (χ0n) is 16.0. The Balaban J connectivity index is 1.38. The monoisotopic (exact) mass is 447 g/mol. The molecule has 3 aromatic heterocycles. The zero-order valence-corrected chi connectivity index (χ0v) is 18.4. The number of hydrogen-bond donors (Lipinski definition) is 0. The molecule has 1 aromatic carbocycles. The second kappa shape index (κ2) is 8.17. The molecular formula is C19H18ClN5O2S2. The molecule has 4 aromatic rings. The molecule has 7 nitrogen and oxygen atoms in total. The maximum absolute atomic E-state index is 12.6. The lowest BCUT2D eigenvalue weighted by Crippen LogP contribution is -2.28. The van der Waals surface area contributed by atoms with Gasteiger partial charge in [0.15, 0.2) is 4.96 Å². The highest BCUT2D eigenvalue weighted by Gasteiger charge is 2.18. The predicted octanol–water partition coefficient (Wildman–Crippen LogP) is 4.47. The highest BCUT2D eigenvalue weighted by Crippen LogP contribution is 2.25. The fourth-order valence-corrected chi connectivity index (χ4v) is 4.54. The van der Waals surface area contributed by atoms with Crippen LogP contribution in [0.1, 0.15) is 16.3 Å². The maximum atomic E-state index is 12.6. The molecule has 0 unspecified atom stereocenters. The smallest absolute Gasteiger partial charge is 0.277 e. The summed E-state index contributed by atoms with van der Waals surface area (Å²) in [5.41, 5.74) is 2.74. The summed E-state index contributed by atoms with van der Waals surface area (Å²) in [6, 6.07) is 7.14. The van der Waals surface area contributed by atoms with E-state index < -0.39 is 0 Å². The predicted molar refractivity (Wildman–Crippen MR) is 114 cm³/mol. The number of benzene rings is 1. The van der Waals surface area contributed by atoms with Crippen molar-refractivity contribution in [2.75, 3.05) is 12.8 Å². The van der Waals surface area contributed by atoms with Crippen LogP contribution in [0, 0.1) is 13.8 Å². The van der Waals surface area contributed by atoms with Crippen LogP contribution >= 0.6 is 34.7 Å². The van der Waals surface area contributed by atoms with Gasteiger partial charge < -0.3 is 9.32 Å². The first-order chi connectivity index (χ1) is 13.9. The molecular weight excluding hydrogens is 430 g/mol. The van der Waals surface area contributed by atoms with Crippen LogP contribution in [0.2, 0.25) is 5.02 Å². The number of carbonyl (C=O) groups is 1. The number of carbonyl (C=O) groups excluding carboxylic acids is 1. The Morgan fingerprint density at radius 3 is 2.79 bits per heavy atom. The van der Waals surface area contributed by atoms with E-state index in [1.165, 1.54) is 16.6 Å². The van der Waals surface area contributed by atoms with Crippen LogP contribution in [-0.2, 0) is 11.3 Å². The van der Waals surface area contributed by atoms with Crippen molar-refractivity contribution in [2.45, 2.75) is 25.6 Å². The second-order valence-corrected chi connectivity index (χ2v) is 9.13. The number of thiazole rings is 1. The molecule has 0 aliphatic carbocycles. The summed E-state index contributed by atoms with van der Waals surface area (Å²) in [7, 11) is 1.79. The first kappa shape index (κ1) is 19.9. The molecule has 0 fully saturated rings. The molecule has 3 heterocycles. The topological polar surface area (TPSA) is 76.5 Å². The molecule has 0 bridgehead atoms. The van der Waals surface area contributed by atoms with Gasteiger partial charge in [-0.2, -0.15) is 0 Å². The molecule has 1 amide bonds. The highest BCUT2D eigenvalue weighted by atomic mass is 35.5. The van der Waals surface area contributed by atoms with Gasteiger partial charge in [0.1, 0.15) is 0 Å². The number of hydrogen-bond acceptors (Lipinski definition) is 7. The Morgan fingerprint density at radius 2 is 2.03 bits per heavy atom. The third-order valence-corrected chi connectivity index (χ3v) is 6.32. The molecule has 150 valence electrons. The maximum Gasteiger partial charge on any atom is 0.277 e. The average molecular weight is 448 g/mol. The van der Waals surface area contributed by atoms with Crippen molar-refractivity contribution in [1.29, 1.82) is 0 Å². The van der Waals surface area contributed by atoms with Crippen LogP contribution in [0.5, 0.6) is 0 Å². The van der Waals surface area contributed by atoms with Gasteiger partial charge in [-0.3, -0.25) is 9.20 Å². The molecule has 0 N–H and O–H groups in total. The minimum atomic E-state index is -0.0254. The van der Waals surface area contributed by atoms with Gasteiger partial charge in [0.05, 0.1) is 23.7 Å². The van der Waals surface area contributed by atoms with Crippen LogP contribution < -0.4 is 0 Å². The molecule has 0 saturated carbocycles. The Labute approximate surface area is 180 Å². The van der Waals surface area contributed by atoms with E-state index in [-0.39, 0.29) is 11.7 Å². The first-order valence-corrected chi connectivity index (χ1v) is 11.0. The summed E-state index contributed by atoms with van der Waals surface area (Å²) in [5, 5.41) is 9.03. The van der Waals surface area contributed by atoms with Gasteiger partial charge in [-0.15, -0.1) is 21.5 Å². The van der Waals surface area contributed by atoms with Crippen molar-refractivity contribution in [1.82, 2.24) is 24.5 Å². The standard InChI is InChI=1S/C19H18ClN5O2S2/c1-11-8-25-15(12(2)21-18(25)29-11)9-24(3)16(26)10-28-19-23-22-17(27-19)13-4-6-14(20)7-5-13/h4-8H,9-10H2,1-3H3. The van der Waals surface area contributed by atoms with Crippen LogP contribution in [0.4, 0.5) is 0 Å². The first-order valence-electron chi connectivity index (χ1n) is 8.81. The molecule has 0 atom stereocenters. The molecule has 4 rings (SSSR count). The lowest BCUT2D eigenvalue weighted by atomic mass is 10.2. The number of imidazole rings is 1. The summed E-state index contributed by atoms with van der Waals surface area (Å²) in [5.74, 6) is 0.584. The van der Waals surface area contributed by atoms with E-state index in [0.717, 1.165) is 21.9 Å². The van der Waals surface area contributed by atoms with Crippen molar-refractivity contribution < 1.29 is 9.21 Å². The van der Waals surface area contributed by atoms with Gasteiger partial charge in [0, 0.05) is 28.7 Å². The quantitative estimate of drug-likeness (QED) is 0.406. The van der Waals surface area contributed by atoms with E-state index in [1.54, 1.807) is 35.4 Å². The molecule has 10 heteroatoms. The Bertz CT molecular complexity index is 1170. The van der Waals surface area contributed by atoms with Gasteiger partial charge in [-0.05, 0) is 38.1 Å². The van der Waals surface area contributed by atoms with Crippen LogP contribution in [0.15, 0.2) is 40.1 Å². The second-order valence-electron chi connectivity index (χ2n) is 6.56. The number of nitrogens with zero attached hydrogens (tertiary/aromatic N) is 5. The number of thioether (sulfide) groups is 1. The third-order valence-electron chi connectivity index (χ3n) is 4.37. The Kier molecular flexibility index (Phi) is 5.62. The van der Waals surface area contributed by atoms with E-state index >= 15 is 0 Å². The van der Waals surface area contributed by atoms with Crippen molar-refractivity contribution in [3.05, 3.63) is 51.7 Å². The van der Waals surface area contributed by atoms with E-state index in [1.807, 2.05) is 26.0 Å². The van der Waals surface area contributed by atoms with Crippen molar-refractivity contribution in [2.24, 2.45) is 0 Å². The van der Waals surface area contributed by atoms with Crippen molar-refractivity contribution in [3.8, 4) is 11.5 Å². The van der Waals surface area contributed by atoms with Crippen LogP contribution in [0.3, 0.4) is 0 Å². The molecule has 0 spiro atoms. The summed E-state index contributed by atoms with van der Waals surface area (Å²) in [6.07, 6.45) is 2.05. The number of fused-ring (bicyclic) bond motifs is 1. The van der Waals surface area contributed by atoms with E-state index in [0.29, 0.717) is 22.7 Å². The number of rotatable bonds is 6. The largest absolute Gasteiger partial charge is 0.411 e. The normalized spacial score (nSPS) is 11.3. The Hall–Kier alpha value is -2.36. The Morgan fingerprint density at radius 1 is 1.28 bits per heavy atom. The molecule has 0 aliphatic heterocycles. The molecule has 0 radical (unpaired) electrons. The van der Waals surface area contributed by atoms with E-state index in [2.05, 4.69) is 25.8 Å². The fraction of sp³-hybridized carbons (Fsp3) is 0.263. The summed E-state index contributed by atoms with van der Waals surface area (Å²) < 4.78 is 7.70. The minimum absolute atomic E-state index is 0.0254. The highest BCUT2D eigenvalue weighted by molar-refractivity contribution is 7.99. The average Bonchev–Trinajstić information content (AvgIpc) is 3.37. The minimum Gasteiger partial charge on any atom is -0.411 e. The number of halogens is 1. The van der Waals surface area contributed by atoms with Gasteiger partial charge in [0.2, 0.25) is 11.8 Å². The fourth-order valence-electron chi connectivity index (χ4n) is 2.82. The van der Waals surface area contributed by atoms with E-state index in [4.69, 9.17) is 16.0 Å². The van der Waals surface area contributed by atoms with Gasteiger partial charge in [-0.1, -0.05) is 23.4 Å². The molecule has 0 saturated heterocycles.